The SMILES string of the molecule is C1=CC(B2OB(C3=CCC=C3)OB(C3C=CC=C3)O2)C=C1. The van der Waals surface area contributed by atoms with Crippen LogP contribution < -0.4 is 0 Å². The monoisotopic (exact) mass is 276 g/mol. The highest BCUT2D eigenvalue weighted by molar-refractivity contribution is 6.78. The summed E-state index contributed by atoms with van der Waals surface area (Å²) in [6, 6.07) is 0. The first kappa shape index (κ1) is 13.2. The molecule has 0 aromatic rings. The zero-order valence-electron chi connectivity index (χ0n) is 11.7. The van der Waals surface area contributed by atoms with Crippen molar-refractivity contribution in [3.63, 3.8) is 0 Å². The molecule has 0 spiro atoms. The molecule has 1 saturated heterocycles. The van der Waals surface area contributed by atoms with E-state index in [4.69, 9.17) is 13.7 Å². The average Bonchev–Trinajstić information content (AvgIpc) is 3.29. The molecule has 1 fully saturated rings. The molecule has 0 saturated carbocycles. The summed E-state index contributed by atoms with van der Waals surface area (Å²) in [6.07, 6.45) is 23.8. The Kier molecular flexibility index (Phi) is 3.59. The van der Waals surface area contributed by atoms with Gasteiger partial charge in [0.05, 0.1) is 0 Å². The Labute approximate surface area is 126 Å². The smallest absolute Gasteiger partial charge is 0.451 e. The fourth-order valence-electron chi connectivity index (χ4n) is 2.90. The van der Waals surface area contributed by atoms with Gasteiger partial charge in [-0.25, -0.2) is 0 Å². The molecular weight excluding hydrogens is 261 g/mol. The molecule has 0 aromatic carbocycles. The molecule has 0 bridgehead atoms. The Morgan fingerprint density at radius 2 is 1.38 bits per heavy atom. The van der Waals surface area contributed by atoms with Gasteiger partial charge in [0.2, 0.25) is 0 Å². The maximum atomic E-state index is 6.04. The minimum Gasteiger partial charge on any atom is -0.451 e. The van der Waals surface area contributed by atoms with Crippen LogP contribution in [0, 0.1) is 0 Å². The number of hydrogen-bond acceptors (Lipinski definition) is 3. The van der Waals surface area contributed by atoms with Crippen molar-refractivity contribution in [1.82, 2.24) is 0 Å². The summed E-state index contributed by atoms with van der Waals surface area (Å²) in [5.74, 6) is 0.304. The minimum absolute atomic E-state index is 0.152. The lowest BCUT2D eigenvalue weighted by Crippen LogP contribution is -2.52. The van der Waals surface area contributed by atoms with Gasteiger partial charge in [-0.3, -0.25) is 0 Å². The van der Waals surface area contributed by atoms with Gasteiger partial charge in [-0.2, -0.15) is 0 Å². The first-order valence-corrected chi connectivity index (χ1v) is 7.43. The van der Waals surface area contributed by atoms with Crippen LogP contribution in [0.2, 0.25) is 11.6 Å². The second-order valence-corrected chi connectivity index (χ2v) is 5.51. The Morgan fingerprint density at radius 1 is 0.810 bits per heavy atom. The van der Waals surface area contributed by atoms with E-state index in [0.29, 0.717) is 0 Å². The van der Waals surface area contributed by atoms with E-state index >= 15 is 0 Å². The standard InChI is InChI=1S/C15H15B3O3/c1-2-8-13(7-1)16-19-17(14-9-3-4-10-14)21-18(20-16)15-11-5-6-12-15/h1-5,7-14H,6H2. The molecule has 1 aliphatic heterocycles. The highest BCUT2D eigenvalue weighted by atomic mass is 16.7. The number of hydrogen-bond donors (Lipinski definition) is 0. The van der Waals surface area contributed by atoms with Gasteiger partial charge in [0, 0.05) is 11.6 Å². The molecule has 0 unspecified atom stereocenters. The fourth-order valence-corrected chi connectivity index (χ4v) is 2.90. The second-order valence-electron chi connectivity index (χ2n) is 5.51. The van der Waals surface area contributed by atoms with Crippen LogP contribution in [0.4, 0.5) is 0 Å². The highest BCUT2D eigenvalue weighted by Crippen LogP contribution is 2.32. The first-order valence-electron chi connectivity index (χ1n) is 7.43. The molecule has 102 valence electrons. The van der Waals surface area contributed by atoms with E-state index in [-0.39, 0.29) is 33.0 Å². The van der Waals surface area contributed by atoms with E-state index < -0.39 is 0 Å². The summed E-state index contributed by atoms with van der Waals surface area (Å²) in [4.78, 5) is 0. The highest BCUT2D eigenvalue weighted by Gasteiger charge is 2.47. The molecule has 4 rings (SSSR count). The van der Waals surface area contributed by atoms with Gasteiger partial charge >= 0.3 is 21.4 Å². The third-order valence-electron chi connectivity index (χ3n) is 4.04. The lowest BCUT2D eigenvalue weighted by Gasteiger charge is -2.34. The van der Waals surface area contributed by atoms with Crippen molar-refractivity contribution < 1.29 is 13.7 Å². The predicted octanol–water partition coefficient (Wildman–Crippen LogP) is 2.93. The summed E-state index contributed by atoms with van der Waals surface area (Å²) in [7, 11) is -0.959. The van der Waals surface area contributed by atoms with Gasteiger partial charge in [0.15, 0.2) is 0 Å². The van der Waals surface area contributed by atoms with Crippen molar-refractivity contribution >= 4 is 21.4 Å². The van der Waals surface area contributed by atoms with Gasteiger partial charge in [0.25, 0.3) is 0 Å². The zero-order valence-corrected chi connectivity index (χ0v) is 11.7. The summed E-state index contributed by atoms with van der Waals surface area (Å²) >= 11 is 0. The third kappa shape index (κ3) is 2.67. The van der Waals surface area contributed by atoms with Gasteiger partial charge in [-0.1, -0.05) is 66.8 Å². The van der Waals surface area contributed by atoms with Crippen LogP contribution in [0.5, 0.6) is 0 Å². The van der Waals surface area contributed by atoms with Crippen molar-refractivity contribution in [3.05, 3.63) is 72.3 Å². The maximum absolute atomic E-state index is 6.04. The Balaban J connectivity index is 1.55. The van der Waals surface area contributed by atoms with Crippen LogP contribution in [0.3, 0.4) is 0 Å². The van der Waals surface area contributed by atoms with E-state index in [1.54, 1.807) is 0 Å². The molecule has 0 N–H and O–H groups in total. The summed E-state index contributed by atoms with van der Waals surface area (Å²) in [5.41, 5.74) is 1.09. The molecule has 3 nitrogen and oxygen atoms in total. The Morgan fingerprint density at radius 3 is 1.86 bits per heavy atom. The molecule has 0 amide bonds. The Hall–Kier alpha value is -1.49. The van der Waals surface area contributed by atoms with E-state index in [1.165, 1.54) is 0 Å². The molecular formula is C15H15B3O3. The molecule has 4 aliphatic rings. The zero-order chi connectivity index (χ0) is 14.1. The minimum atomic E-state index is -0.350. The van der Waals surface area contributed by atoms with Crippen molar-refractivity contribution in [2.45, 2.75) is 18.1 Å². The molecule has 3 aliphatic carbocycles. The lowest BCUT2D eigenvalue weighted by atomic mass is 9.57. The van der Waals surface area contributed by atoms with Crippen LogP contribution in [0.15, 0.2) is 72.3 Å². The summed E-state index contributed by atoms with van der Waals surface area (Å²) in [6.45, 7) is 0. The normalized spacial score (nSPS) is 25.0. The Bertz CT molecular complexity index is 531. The first-order chi connectivity index (χ1) is 10.4. The molecule has 6 heteroatoms. The fraction of sp³-hybridized carbons (Fsp3) is 0.200. The molecule has 21 heavy (non-hydrogen) atoms. The summed E-state index contributed by atoms with van der Waals surface area (Å²) < 4.78 is 18.1. The van der Waals surface area contributed by atoms with Crippen LogP contribution in [0.25, 0.3) is 0 Å². The number of allylic oxidation sites excluding steroid dienone is 12. The quantitative estimate of drug-likeness (QED) is 0.741. The van der Waals surface area contributed by atoms with E-state index in [0.717, 1.165) is 11.9 Å². The molecule has 0 radical (unpaired) electrons. The van der Waals surface area contributed by atoms with Gasteiger partial charge in [-0.05, 0) is 11.9 Å². The van der Waals surface area contributed by atoms with Crippen LogP contribution in [0.1, 0.15) is 6.42 Å². The average molecular weight is 276 g/mol. The van der Waals surface area contributed by atoms with E-state index in [9.17, 15) is 0 Å². The third-order valence-corrected chi connectivity index (χ3v) is 4.04. The lowest BCUT2D eigenvalue weighted by molar-refractivity contribution is 0.282. The predicted molar refractivity (Wildman–Crippen MR) is 86.4 cm³/mol. The van der Waals surface area contributed by atoms with Gasteiger partial charge in [0.1, 0.15) is 0 Å². The van der Waals surface area contributed by atoms with Crippen LogP contribution >= 0.6 is 0 Å². The van der Waals surface area contributed by atoms with E-state index in [2.05, 4.69) is 42.5 Å². The van der Waals surface area contributed by atoms with Crippen molar-refractivity contribution in [1.29, 1.82) is 0 Å². The maximum Gasteiger partial charge on any atom is 0.466 e. The molecule has 0 atom stereocenters. The van der Waals surface area contributed by atoms with Crippen LogP contribution in [-0.2, 0) is 13.7 Å². The number of rotatable bonds is 3. The van der Waals surface area contributed by atoms with Crippen LogP contribution in [-0.4, -0.2) is 21.4 Å². The second kappa shape index (κ2) is 5.72. The summed E-state index contributed by atoms with van der Waals surface area (Å²) in [5, 5.41) is 0. The topological polar surface area (TPSA) is 27.7 Å². The van der Waals surface area contributed by atoms with Gasteiger partial charge in [-0.15, -0.1) is 0 Å². The van der Waals surface area contributed by atoms with Gasteiger partial charge < -0.3 is 13.7 Å². The van der Waals surface area contributed by atoms with Crippen molar-refractivity contribution in [2.24, 2.45) is 0 Å². The van der Waals surface area contributed by atoms with Crippen molar-refractivity contribution in [2.75, 3.05) is 0 Å². The van der Waals surface area contributed by atoms with E-state index in [1.807, 2.05) is 24.3 Å². The largest absolute Gasteiger partial charge is 0.466 e. The molecule has 1 heterocycles. The van der Waals surface area contributed by atoms with Crippen molar-refractivity contribution in [3.8, 4) is 0 Å². The molecule has 0 aromatic heterocycles.